The zero-order valence-electron chi connectivity index (χ0n) is 37.4. The predicted octanol–water partition coefficient (Wildman–Crippen LogP) is 14.7. The molecule has 4 aromatic rings. The van der Waals surface area contributed by atoms with Gasteiger partial charge in [-0.05, 0) is 124 Å². The van der Waals surface area contributed by atoms with E-state index in [1.165, 1.54) is 83.9 Å². The zero-order valence-corrected chi connectivity index (χ0v) is 37.4. The molecule has 8 aliphatic rings. The second-order valence-electron chi connectivity index (χ2n) is 21.0. The van der Waals surface area contributed by atoms with E-state index in [1.807, 2.05) is 0 Å². The molecule has 12 rings (SSSR count). The second-order valence-corrected chi connectivity index (χ2v) is 21.0. The van der Waals surface area contributed by atoms with Crippen LogP contribution in [-0.2, 0) is 0 Å². The molecule has 2 heteroatoms. The molecule has 0 bridgehead atoms. The minimum absolute atomic E-state index is 0.129. The molecule has 1 aliphatic heterocycles. The van der Waals surface area contributed by atoms with Gasteiger partial charge in [0.05, 0.1) is 18.1 Å². The molecule has 4 aromatic carbocycles. The Morgan fingerprint density at radius 1 is 0.571 bits per heavy atom. The number of allylic oxidation sites excluding steroid dienone is 13. The van der Waals surface area contributed by atoms with Gasteiger partial charge in [-0.25, -0.2) is 0 Å². The van der Waals surface area contributed by atoms with Crippen molar-refractivity contribution in [3.8, 4) is 11.1 Å². The molecule has 9 unspecified atom stereocenters. The van der Waals surface area contributed by atoms with Crippen LogP contribution in [0.4, 0.5) is 0 Å². The molecular formula is C61H64N2. The summed E-state index contributed by atoms with van der Waals surface area (Å²) in [6.45, 7) is 5.18. The first-order chi connectivity index (χ1) is 31.0. The number of fused-ring (bicyclic) bond motifs is 7. The molecule has 2 N–H and O–H groups in total. The summed E-state index contributed by atoms with van der Waals surface area (Å²) >= 11 is 0. The number of hydrogen-bond donors (Lipinski definition) is 2. The maximum atomic E-state index is 4.23. The van der Waals surface area contributed by atoms with E-state index in [4.69, 9.17) is 0 Å². The highest BCUT2D eigenvalue weighted by Crippen LogP contribution is 2.70. The van der Waals surface area contributed by atoms with Crippen molar-refractivity contribution >= 4 is 0 Å². The third-order valence-electron chi connectivity index (χ3n) is 17.7. The molecule has 2 saturated carbocycles. The van der Waals surface area contributed by atoms with Crippen molar-refractivity contribution < 1.29 is 0 Å². The van der Waals surface area contributed by atoms with Gasteiger partial charge in [0.15, 0.2) is 0 Å². The van der Waals surface area contributed by atoms with Gasteiger partial charge in [0.2, 0.25) is 0 Å². The van der Waals surface area contributed by atoms with Crippen LogP contribution in [0.15, 0.2) is 192 Å². The Morgan fingerprint density at radius 2 is 1.19 bits per heavy atom. The Balaban J connectivity index is 0.851. The Bertz CT molecular complexity index is 2570. The van der Waals surface area contributed by atoms with Crippen LogP contribution in [0.1, 0.15) is 124 Å². The fraction of sp³-hybridized carbons (Fsp3) is 0.377. The van der Waals surface area contributed by atoms with Gasteiger partial charge in [-0.15, -0.1) is 0 Å². The molecule has 1 spiro atoms. The first kappa shape index (κ1) is 39.6. The van der Waals surface area contributed by atoms with Gasteiger partial charge in [-0.2, -0.15) is 0 Å². The van der Waals surface area contributed by atoms with E-state index in [9.17, 15) is 0 Å². The Labute approximate surface area is 376 Å². The lowest BCUT2D eigenvalue weighted by molar-refractivity contribution is 0.132. The van der Waals surface area contributed by atoms with E-state index < -0.39 is 0 Å². The van der Waals surface area contributed by atoms with Crippen LogP contribution in [-0.4, -0.2) is 6.04 Å². The standard InChI is InChI=1S/C61H64N2/c1-60(2)51-26-14-13-24-48(51)49-38-54-50(39-53(49)60)55-47(25-17-27-52(55)61(54)36-15-6-16-37-61)42-32-28-40(29-33-42)41-30-34-46(35-31-41)59-58(45-22-11-5-12-23-45)62-56(43-18-7-3-8-19-43)57(63-59)44-20-9-4-10-21-44/h3-5,7-11,13-14,17-22,24,27-35,39,47,49,51,53-54,56-59,62-63H,6,12,15-16,23,25-26,36-38H2,1-2H3. The Kier molecular flexibility index (Phi) is 9.98. The molecule has 2 nitrogen and oxygen atoms in total. The fourth-order valence-electron chi connectivity index (χ4n) is 14.6. The number of benzene rings is 4. The van der Waals surface area contributed by atoms with Gasteiger partial charge < -0.3 is 0 Å². The smallest absolute Gasteiger partial charge is 0.0523 e. The summed E-state index contributed by atoms with van der Waals surface area (Å²) in [5, 5.41) is 8.44. The maximum Gasteiger partial charge on any atom is 0.0523 e. The molecular weight excluding hydrogens is 761 g/mol. The summed E-state index contributed by atoms with van der Waals surface area (Å²) in [6, 6.07) is 41.9. The number of piperazine rings is 1. The maximum absolute atomic E-state index is 4.23. The van der Waals surface area contributed by atoms with Gasteiger partial charge in [0.25, 0.3) is 0 Å². The third kappa shape index (κ3) is 6.56. The van der Waals surface area contributed by atoms with Gasteiger partial charge in [-0.1, -0.05) is 208 Å². The van der Waals surface area contributed by atoms with Crippen LogP contribution in [0.3, 0.4) is 0 Å². The predicted molar refractivity (Wildman–Crippen MR) is 261 cm³/mol. The van der Waals surface area contributed by atoms with Crippen molar-refractivity contribution in [2.75, 3.05) is 0 Å². The van der Waals surface area contributed by atoms with Gasteiger partial charge in [-0.3, -0.25) is 10.6 Å². The molecule has 1 saturated heterocycles. The summed E-state index contributed by atoms with van der Waals surface area (Å²) < 4.78 is 0. The van der Waals surface area contributed by atoms with E-state index in [0.717, 1.165) is 19.3 Å². The van der Waals surface area contributed by atoms with E-state index in [0.29, 0.717) is 40.4 Å². The molecule has 0 radical (unpaired) electrons. The second kappa shape index (κ2) is 15.9. The van der Waals surface area contributed by atoms with Gasteiger partial charge >= 0.3 is 0 Å². The van der Waals surface area contributed by atoms with E-state index >= 15 is 0 Å². The van der Waals surface area contributed by atoms with Crippen molar-refractivity contribution in [2.45, 2.75) is 108 Å². The Hall–Kier alpha value is -5.02. The summed E-state index contributed by atoms with van der Waals surface area (Å²) in [4.78, 5) is 0. The third-order valence-corrected chi connectivity index (χ3v) is 17.7. The number of nitrogens with one attached hydrogen (secondary N) is 2. The van der Waals surface area contributed by atoms with Crippen LogP contribution in [0.5, 0.6) is 0 Å². The van der Waals surface area contributed by atoms with Crippen LogP contribution in [0, 0.1) is 34.5 Å². The highest BCUT2D eigenvalue weighted by molar-refractivity contribution is 5.66. The van der Waals surface area contributed by atoms with Crippen molar-refractivity contribution in [1.82, 2.24) is 10.6 Å². The van der Waals surface area contributed by atoms with Crippen molar-refractivity contribution in [2.24, 2.45) is 34.5 Å². The quantitative estimate of drug-likeness (QED) is 0.202. The lowest BCUT2D eigenvalue weighted by atomic mass is 9.58. The fourth-order valence-corrected chi connectivity index (χ4v) is 14.6. The molecule has 9 atom stereocenters. The summed E-state index contributed by atoms with van der Waals surface area (Å²) in [7, 11) is 0. The topological polar surface area (TPSA) is 24.1 Å². The van der Waals surface area contributed by atoms with E-state index in [-0.39, 0.29) is 24.2 Å². The van der Waals surface area contributed by atoms with E-state index in [1.54, 1.807) is 22.3 Å². The van der Waals surface area contributed by atoms with Crippen molar-refractivity contribution in [3.05, 3.63) is 214 Å². The molecule has 3 fully saturated rings. The lowest BCUT2D eigenvalue weighted by Gasteiger charge is -2.46. The molecule has 0 aromatic heterocycles. The highest BCUT2D eigenvalue weighted by atomic mass is 15.2. The van der Waals surface area contributed by atoms with Crippen LogP contribution in [0.25, 0.3) is 11.1 Å². The summed E-state index contributed by atoms with van der Waals surface area (Å²) in [5.41, 5.74) is 17.1. The SMILES string of the molecule is CC1(C)C2CC=CC=C2C2CC3C(=CC21)C1=C(C=CCC1c1ccc(-c2ccc(C4NC(c5ccccc5)C(c5ccccc5)NC4C4=CC=CCC4)cc2)cc1)C31CCCCC1. The van der Waals surface area contributed by atoms with Gasteiger partial charge in [0.1, 0.15) is 0 Å². The monoisotopic (exact) mass is 825 g/mol. The first-order valence-corrected chi connectivity index (χ1v) is 24.7. The minimum atomic E-state index is 0.129. The van der Waals surface area contributed by atoms with Crippen molar-refractivity contribution in [3.63, 3.8) is 0 Å². The van der Waals surface area contributed by atoms with Crippen LogP contribution < -0.4 is 10.6 Å². The van der Waals surface area contributed by atoms with Crippen LogP contribution >= 0.6 is 0 Å². The molecule has 318 valence electrons. The average Bonchev–Trinajstić information content (AvgIpc) is 3.74. The largest absolute Gasteiger partial charge is 0.300 e. The molecule has 63 heavy (non-hydrogen) atoms. The molecule has 1 heterocycles. The minimum Gasteiger partial charge on any atom is -0.300 e. The lowest BCUT2D eigenvalue weighted by Crippen LogP contribution is -2.54. The Morgan fingerprint density at radius 3 is 1.86 bits per heavy atom. The van der Waals surface area contributed by atoms with E-state index in [2.05, 4.69) is 188 Å². The molecule has 7 aliphatic carbocycles. The summed E-state index contributed by atoms with van der Waals surface area (Å²) in [6.07, 6.45) is 35.0. The van der Waals surface area contributed by atoms with Crippen LogP contribution in [0.2, 0.25) is 0 Å². The number of hydrogen-bond acceptors (Lipinski definition) is 2. The number of rotatable bonds is 6. The molecule has 0 amide bonds. The van der Waals surface area contributed by atoms with Crippen molar-refractivity contribution in [1.29, 1.82) is 0 Å². The normalized spacial score (nSPS) is 32.3. The average molecular weight is 825 g/mol. The first-order valence-electron chi connectivity index (χ1n) is 24.7. The van der Waals surface area contributed by atoms with Gasteiger partial charge in [0, 0.05) is 17.4 Å². The highest BCUT2D eigenvalue weighted by Gasteiger charge is 2.59. The zero-order chi connectivity index (χ0) is 42.1. The summed E-state index contributed by atoms with van der Waals surface area (Å²) in [5.74, 6) is 3.12.